The predicted molar refractivity (Wildman–Crippen MR) is 54.4 cm³/mol. The van der Waals surface area contributed by atoms with Gasteiger partial charge < -0.3 is 4.40 Å². The summed E-state index contributed by atoms with van der Waals surface area (Å²) >= 11 is 0. The SMILES string of the molecule is CC(C)C(=O)c1cn2ccccc2n1. The lowest BCUT2D eigenvalue weighted by atomic mass is 10.1. The van der Waals surface area contributed by atoms with Gasteiger partial charge in [-0.15, -0.1) is 0 Å². The van der Waals surface area contributed by atoms with Crippen LogP contribution in [0.4, 0.5) is 0 Å². The summed E-state index contributed by atoms with van der Waals surface area (Å²) in [6, 6.07) is 5.71. The number of carbonyl (C=O) groups excluding carboxylic acids is 1. The van der Waals surface area contributed by atoms with Crippen molar-refractivity contribution < 1.29 is 4.79 Å². The number of aromatic nitrogens is 2. The molecule has 2 aromatic heterocycles. The Bertz CT molecular complexity index is 438. The third kappa shape index (κ3) is 1.41. The summed E-state index contributed by atoms with van der Waals surface area (Å²) in [4.78, 5) is 15.9. The van der Waals surface area contributed by atoms with Crippen LogP contribution in [0.3, 0.4) is 0 Å². The van der Waals surface area contributed by atoms with Crippen molar-refractivity contribution in [1.82, 2.24) is 9.38 Å². The van der Waals surface area contributed by atoms with E-state index in [-0.39, 0.29) is 11.7 Å². The normalized spacial score (nSPS) is 11.1. The first-order valence-corrected chi connectivity index (χ1v) is 4.66. The van der Waals surface area contributed by atoms with Crippen molar-refractivity contribution in [2.45, 2.75) is 13.8 Å². The van der Waals surface area contributed by atoms with Gasteiger partial charge in [0, 0.05) is 18.3 Å². The van der Waals surface area contributed by atoms with Gasteiger partial charge >= 0.3 is 0 Å². The molecule has 0 saturated carbocycles. The fraction of sp³-hybridized carbons (Fsp3) is 0.273. The fourth-order valence-electron chi connectivity index (χ4n) is 1.35. The molecule has 0 unspecified atom stereocenters. The first-order chi connectivity index (χ1) is 6.68. The molecule has 3 heteroatoms. The molecule has 0 spiro atoms. The van der Waals surface area contributed by atoms with Gasteiger partial charge in [0.25, 0.3) is 0 Å². The zero-order valence-electron chi connectivity index (χ0n) is 8.27. The van der Waals surface area contributed by atoms with E-state index in [1.807, 2.05) is 42.6 Å². The number of fused-ring (bicyclic) bond motifs is 1. The lowest BCUT2D eigenvalue weighted by Crippen LogP contribution is -2.07. The van der Waals surface area contributed by atoms with E-state index in [1.54, 1.807) is 6.20 Å². The van der Waals surface area contributed by atoms with Crippen LogP contribution >= 0.6 is 0 Å². The zero-order chi connectivity index (χ0) is 10.1. The van der Waals surface area contributed by atoms with Crippen LogP contribution in [0.2, 0.25) is 0 Å². The van der Waals surface area contributed by atoms with Gasteiger partial charge in [-0.2, -0.15) is 0 Å². The molecule has 0 radical (unpaired) electrons. The van der Waals surface area contributed by atoms with Crippen molar-refractivity contribution in [3.05, 3.63) is 36.3 Å². The van der Waals surface area contributed by atoms with Crippen LogP contribution in [-0.2, 0) is 0 Å². The summed E-state index contributed by atoms with van der Waals surface area (Å²) in [6.45, 7) is 3.76. The van der Waals surface area contributed by atoms with Crippen molar-refractivity contribution in [1.29, 1.82) is 0 Å². The average Bonchev–Trinajstić information content (AvgIpc) is 2.59. The van der Waals surface area contributed by atoms with Gasteiger partial charge in [-0.1, -0.05) is 19.9 Å². The van der Waals surface area contributed by atoms with E-state index in [1.165, 1.54) is 0 Å². The molecule has 0 amide bonds. The highest BCUT2D eigenvalue weighted by Crippen LogP contribution is 2.09. The third-order valence-corrected chi connectivity index (χ3v) is 2.14. The van der Waals surface area contributed by atoms with Gasteiger partial charge in [-0.25, -0.2) is 4.98 Å². The van der Waals surface area contributed by atoms with Crippen LogP contribution in [0.5, 0.6) is 0 Å². The van der Waals surface area contributed by atoms with E-state index in [9.17, 15) is 4.79 Å². The molecular formula is C11H12N2O. The molecule has 0 N–H and O–H groups in total. The van der Waals surface area contributed by atoms with Gasteiger partial charge in [0.05, 0.1) is 0 Å². The van der Waals surface area contributed by atoms with Gasteiger partial charge in [0.2, 0.25) is 0 Å². The summed E-state index contributed by atoms with van der Waals surface area (Å²) in [5.41, 5.74) is 1.36. The second-order valence-electron chi connectivity index (χ2n) is 3.61. The number of hydrogen-bond acceptors (Lipinski definition) is 2. The molecule has 0 atom stereocenters. The smallest absolute Gasteiger partial charge is 0.185 e. The molecule has 2 rings (SSSR count). The number of pyridine rings is 1. The topological polar surface area (TPSA) is 34.4 Å². The van der Waals surface area contributed by atoms with Crippen LogP contribution < -0.4 is 0 Å². The van der Waals surface area contributed by atoms with Crippen LogP contribution in [0.1, 0.15) is 24.3 Å². The maximum Gasteiger partial charge on any atom is 0.185 e. The van der Waals surface area contributed by atoms with Crippen LogP contribution in [0.15, 0.2) is 30.6 Å². The van der Waals surface area contributed by atoms with Crippen molar-refractivity contribution >= 4 is 11.4 Å². The van der Waals surface area contributed by atoms with E-state index in [2.05, 4.69) is 4.98 Å². The Balaban J connectivity index is 2.50. The quantitative estimate of drug-likeness (QED) is 0.677. The molecule has 0 aromatic carbocycles. The first-order valence-electron chi connectivity index (χ1n) is 4.66. The summed E-state index contributed by atoms with van der Waals surface area (Å²) in [5.74, 6) is 0.0913. The average molecular weight is 188 g/mol. The Morgan fingerprint density at radius 1 is 1.43 bits per heavy atom. The Morgan fingerprint density at radius 2 is 2.21 bits per heavy atom. The number of ketones is 1. The molecule has 0 aliphatic rings. The molecule has 0 aliphatic carbocycles. The van der Waals surface area contributed by atoms with Crippen molar-refractivity contribution in [3.63, 3.8) is 0 Å². The van der Waals surface area contributed by atoms with Crippen molar-refractivity contribution in [2.24, 2.45) is 5.92 Å². The Morgan fingerprint density at radius 3 is 2.86 bits per heavy atom. The summed E-state index contributed by atoms with van der Waals surface area (Å²) < 4.78 is 1.86. The fourth-order valence-corrected chi connectivity index (χ4v) is 1.35. The van der Waals surface area contributed by atoms with Crippen LogP contribution in [-0.4, -0.2) is 15.2 Å². The molecule has 3 nitrogen and oxygen atoms in total. The van der Waals surface area contributed by atoms with E-state index >= 15 is 0 Å². The van der Waals surface area contributed by atoms with E-state index < -0.39 is 0 Å². The van der Waals surface area contributed by atoms with Gasteiger partial charge in [0.1, 0.15) is 11.3 Å². The minimum Gasteiger partial charge on any atom is -0.306 e. The lowest BCUT2D eigenvalue weighted by molar-refractivity contribution is 0.0935. The monoisotopic (exact) mass is 188 g/mol. The number of rotatable bonds is 2. The zero-order valence-corrected chi connectivity index (χ0v) is 8.27. The van der Waals surface area contributed by atoms with E-state index in [0.717, 1.165) is 5.65 Å². The molecule has 0 fully saturated rings. The Labute approximate surface area is 82.4 Å². The Kier molecular flexibility index (Phi) is 2.08. The molecule has 2 aromatic rings. The highest BCUT2D eigenvalue weighted by Gasteiger charge is 2.13. The number of nitrogens with zero attached hydrogens (tertiary/aromatic N) is 2. The van der Waals surface area contributed by atoms with Gasteiger partial charge in [0.15, 0.2) is 5.78 Å². The van der Waals surface area contributed by atoms with E-state index in [4.69, 9.17) is 0 Å². The van der Waals surface area contributed by atoms with Crippen molar-refractivity contribution in [3.8, 4) is 0 Å². The second-order valence-corrected chi connectivity index (χ2v) is 3.61. The highest BCUT2D eigenvalue weighted by atomic mass is 16.1. The Hall–Kier alpha value is -1.64. The molecule has 0 bridgehead atoms. The molecule has 72 valence electrons. The summed E-state index contributed by atoms with van der Waals surface area (Å²) in [6.07, 6.45) is 3.66. The standard InChI is InChI=1S/C11H12N2O/c1-8(2)11(14)9-7-13-6-4-3-5-10(13)12-9/h3-8H,1-2H3. The number of Topliss-reactive ketones (excluding diaryl/α,β-unsaturated/α-hetero) is 1. The molecular weight excluding hydrogens is 176 g/mol. The summed E-state index contributed by atoms with van der Waals surface area (Å²) in [7, 11) is 0. The van der Waals surface area contributed by atoms with Crippen molar-refractivity contribution in [2.75, 3.05) is 0 Å². The van der Waals surface area contributed by atoms with E-state index in [0.29, 0.717) is 5.69 Å². The molecule has 14 heavy (non-hydrogen) atoms. The van der Waals surface area contributed by atoms with Gasteiger partial charge in [-0.05, 0) is 12.1 Å². The van der Waals surface area contributed by atoms with Gasteiger partial charge in [-0.3, -0.25) is 4.79 Å². The number of carbonyl (C=O) groups is 1. The molecule has 0 aliphatic heterocycles. The maximum absolute atomic E-state index is 11.6. The third-order valence-electron chi connectivity index (χ3n) is 2.14. The second kappa shape index (κ2) is 3.25. The number of hydrogen-bond donors (Lipinski definition) is 0. The molecule has 2 heterocycles. The molecule has 0 saturated heterocycles. The number of imidazole rings is 1. The van der Waals surface area contributed by atoms with Crippen LogP contribution in [0.25, 0.3) is 5.65 Å². The maximum atomic E-state index is 11.6. The predicted octanol–water partition coefficient (Wildman–Crippen LogP) is 2.17. The summed E-state index contributed by atoms with van der Waals surface area (Å²) in [5, 5.41) is 0. The minimum absolute atomic E-state index is 0.0000813. The van der Waals surface area contributed by atoms with Crippen LogP contribution in [0, 0.1) is 5.92 Å². The largest absolute Gasteiger partial charge is 0.306 e. The first kappa shape index (κ1) is 8.94. The minimum atomic E-state index is -0.0000813. The highest BCUT2D eigenvalue weighted by molar-refractivity contribution is 5.96. The lowest BCUT2D eigenvalue weighted by Gasteiger charge is -1.97.